The number of hydrogen-bond donors (Lipinski definition) is 3. The lowest BCUT2D eigenvalue weighted by Crippen LogP contribution is -2.26. The van der Waals surface area contributed by atoms with E-state index in [0.717, 1.165) is 76.2 Å². The van der Waals surface area contributed by atoms with Gasteiger partial charge in [-0.2, -0.15) is 0 Å². The molecule has 1 aromatic heterocycles. The van der Waals surface area contributed by atoms with E-state index >= 15 is 0 Å². The first-order valence-corrected chi connectivity index (χ1v) is 9.03. The molecular formula is C18H28N4O3. The molecule has 0 radical (unpaired) electrons. The molecule has 25 heavy (non-hydrogen) atoms. The van der Waals surface area contributed by atoms with Crippen LogP contribution in [0.4, 0.5) is 5.82 Å². The molecule has 7 nitrogen and oxygen atoms in total. The van der Waals surface area contributed by atoms with Crippen molar-refractivity contribution in [2.24, 2.45) is 0 Å². The minimum Gasteiger partial charge on any atom is -0.480 e. The number of pyridine rings is 1. The Hall–Kier alpha value is -2.15. The molecule has 3 rings (SSSR count). The van der Waals surface area contributed by atoms with Crippen molar-refractivity contribution in [1.82, 2.24) is 15.2 Å². The summed E-state index contributed by atoms with van der Waals surface area (Å²) in [7, 11) is 0. The predicted octanol–water partition coefficient (Wildman–Crippen LogP) is 1.29. The van der Waals surface area contributed by atoms with Gasteiger partial charge in [0, 0.05) is 18.8 Å². The van der Waals surface area contributed by atoms with Gasteiger partial charge in [0.15, 0.2) is 0 Å². The molecule has 1 amide bonds. The number of carboxylic acids is 1. The van der Waals surface area contributed by atoms with E-state index in [-0.39, 0.29) is 6.54 Å². The van der Waals surface area contributed by atoms with Gasteiger partial charge in [0.1, 0.15) is 5.82 Å². The number of anilines is 1. The Morgan fingerprint density at radius 2 is 2.12 bits per heavy atom. The number of carboxylic acid groups (broad SMARTS) is 1. The summed E-state index contributed by atoms with van der Waals surface area (Å²) in [6, 6.07) is 4.25. The number of rotatable bonds is 7. The number of carbonyl (C=O) groups excluding carboxylic acids is 1. The van der Waals surface area contributed by atoms with Crippen molar-refractivity contribution in [2.75, 3.05) is 38.0 Å². The number of carbonyl (C=O) groups is 2. The number of nitrogens with one attached hydrogen (secondary N) is 2. The quantitative estimate of drug-likeness (QED) is 0.508. The Morgan fingerprint density at radius 3 is 2.84 bits per heavy atom. The zero-order chi connectivity index (χ0) is 17.9. The lowest BCUT2D eigenvalue weighted by atomic mass is 10.1. The van der Waals surface area contributed by atoms with Gasteiger partial charge in [-0.05, 0) is 63.2 Å². The fourth-order valence-corrected chi connectivity index (χ4v) is 3.07. The van der Waals surface area contributed by atoms with Crippen LogP contribution < -0.4 is 10.6 Å². The van der Waals surface area contributed by atoms with Crippen molar-refractivity contribution >= 4 is 18.2 Å². The third-order valence-electron chi connectivity index (χ3n) is 4.35. The molecule has 3 heterocycles. The summed E-state index contributed by atoms with van der Waals surface area (Å²) in [5.74, 6) is 0.337. The van der Waals surface area contributed by atoms with Gasteiger partial charge in [0.05, 0.1) is 6.54 Å². The average Bonchev–Trinajstić information content (AvgIpc) is 3.11. The predicted molar refractivity (Wildman–Crippen MR) is 96.7 cm³/mol. The molecular weight excluding hydrogens is 320 g/mol. The second-order valence-corrected chi connectivity index (χ2v) is 6.39. The number of aliphatic carboxylic acids is 1. The molecule has 0 aromatic carbocycles. The first kappa shape index (κ1) is 19.2. The Kier molecular flexibility index (Phi) is 8.18. The fourth-order valence-electron chi connectivity index (χ4n) is 3.07. The SMILES string of the molecule is O=C(O)CN1CCCC1.O=CNCCCc1ccc2c(n1)NCCC2. The van der Waals surface area contributed by atoms with E-state index in [1.165, 1.54) is 12.0 Å². The molecule has 1 saturated heterocycles. The number of aromatic nitrogens is 1. The number of likely N-dealkylation sites (tertiary alicyclic amines) is 1. The molecule has 1 fully saturated rings. The van der Waals surface area contributed by atoms with Crippen LogP contribution in [0.3, 0.4) is 0 Å². The van der Waals surface area contributed by atoms with Crippen LogP contribution in [0.2, 0.25) is 0 Å². The Morgan fingerprint density at radius 1 is 1.32 bits per heavy atom. The Balaban J connectivity index is 0.000000212. The maximum absolute atomic E-state index is 10.1. The summed E-state index contributed by atoms with van der Waals surface area (Å²) in [6.07, 6.45) is 7.22. The highest BCUT2D eigenvalue weighted by Gasteiger charge is 2.13. The van der Waals surface area contributed by atoms with Crippen molar-refractivity contribution in [1.29, 1.82) is 0 Å². The molecule has 7 heteroatoms. The standard InChI is InChI=1S/C12H17N3O.C6H11NO2/c16-9-13-7-2-4-11-6-5-10-3-1-8-14-12(10)15-11;8-6(9)5-7-3-1-2-4-7/h5-6,9H,1-4,7-8H2,(H,13,16)(H,14,15);1-5H2,(H,8,9). The van der Waals surface area contributed by atoms with E-state index in [0.29, 0.717) is 0 Å². The maximum Gasteiger partial charge on any atom is 0.317 e. The third-order valence-corrected chi connectivity index (χ3v) is 4.35. The van der Waals surface area contributed by atoms with E-state index in [9.17, 15) is 9.59 Å². The smallest absolute Gasteiger partial charge is 0.317 e. The van der Waals surface area contributed by atoms with Gasteiger partial charge < -0.3 is 15.7 Å². The number of amides is 1. The second-order valence-electron chi connectivity index (χ2n) is 6.39. The number of nitrogens with zero attached hydrogens (tertiary/aromatic N) is 2. The highest BCUT2D eigenvalue weighted by Crippen LogP contribution is 2.19. The van der Waals surface area contributed by atoms with Crippen LogP contribution in [-0.2, 0) is 22.4 Å². The largest absolute Gasteiger partial charge is 0.480 e. The summed E-state index contributed by atoms with van der Waals surface area (Å²) >= 11 is 0. The first-order valence-electron chi connectivity index (χ1n) is 9.03. The first-order chi connectivity index (χ1) is 12.2. The number of hydrogen-bond acceptors (Lipinski definition) is 5. The molecule has 0 spiro atoms. The van der Waals surface area contributed by atoms with Crippen molar-refractivity contribution < 1.29 is 14.7 Å². The summed E-state index contributed by atoms with van der Waals surface area (Å²) < 4.78 is 0. The number of fused-ring (bicyclic) bond motifs is 1. The van der Waals surface area contributed by atoms with Crippen molar-refractivity contribution in [3.8, 4) is 0 Å². The van der Waals surface area contributed by atoms with E-state index in [1.807, 2.05) is 4.90 Å². The molecule has 1 aromatic rings. The van der Waals surface area contributed by atoms with E-state index in [1.54, 1.807) is 0 Å². The lowest BCUT2D eigenvalue weighted by molar-refractivity contribution is -0.138. The van der Waals surface area contributed by atoms with Crippen LogP contribution >= 0.6 is 0 Å². The summed E-state index contributed by atoms with van der Waals surface area (Å²) in [5.41, 5.74) is 2.42. The molecule has 0 unspecified atom stereocenters. The highest BCUT2D eigenvalue weighted by atomic mass is 16.4. The van der Waals surface area contributed by atoms with Crippen LogP contribution in [0.1, 0.15) is 36.9 Å². The minimum absolute atomic E-state index is 0.222. The zero-order valence-electron chi connectivity index (χ0n) is 14.7. The molecule has 0 aliphatic carbocycles. The third kappa shape index (κ3) is 7.09. The molecule has 2 aliphatic rings. The van der Waals surface area contributed by atoms with Gasteiger partial charge in [-0.1, -0.05) is 6.07 Å². The van der Waals surface area contributed by atoms with Crippen LogP contribution in [0, 0.1) is 0 Å². The molecule has 2 aliphatic heterocycles. The lowest BCUT2D eigenvalue weighted by Gasteiger charge is -2.17. The zero-order valence-corrected chi connectivity index (χ0v) is 14.7. The van der Waals surface area contributed by atoms with Gasteiger partial charge in [-0.25, -0.2) is 4.98 Å². The topological polar surface area (TPSA) is 94.6 Å². The van der Waals surface area contributed by atoms with Crippen LogP contribution in [-0.4, -0.2) is 60.1 Å². The van der Waals surface area contributed by atoms with Gasteiger partial charge in [0.2, 0.25) is 6.41 Å². The summed E-state index contributed by atoms with van der Waals surface area (Å²) in [5, 5.41) is 14.3. The summed E-state index contributed by atoms with van der Waals surface area (Å²) in [4.78, 5) is 26.7. The van der Waals surface area contributed by atoms with Crippen LogP contribution in [0.5, 0.6) is 0 Å². The molecule has 0 saturated carbocycles. The van der Waals surface area contributed by atoms with E-state index in [4.69, 9.17) is 5.11 Å². The van der Waals surface area contributed by atoms with Crippen molar-refractivity contribution in [3.63, 3.8) is 0 Å². The van der Waals surface area contributed by atoms with E-state index in [2.05, 4.69) is 27.8 Å². The van der Waals surface area contributed by atoms with Crippen LogP contribution in [0.15, 0.2) is 12.1 Å². The van der Waals surface area contributed by atoms with Gasteiger partial charge in [-0.15, -0.1) is 0 Å². The van der Waals surface area contributed by atoms with Gasteiger partial charge >= 0.3 is 5.97 Å². The Labute approximate surface area is 148 Å². The second kappa shape index (κ2) is 10.7. The van der Waals surface area contributed by atoms with Gasteiger partial charge in [0.25, 0.3) is 0 Å². The monoisotopic (exact) mass is 348 g/mol. The van der Waals surface area contributed by atoms with Crippen molar-refractivity contribution in [2.45, 2.75) is 38.5 Å². The molecule has 0 bridgehead atoms. The molecule has 0 atom stereocenters. The number of aryl methyl sites for hydroxylation is 2. The summed E-state index contributed by atoms with van der Waals surface area (Å²) in [6.45, 7) is 3.89. The van der Waals surface area contributed by atoms with Gasteiger partial charge in [-0.3, -0.25) is 14.5 Å². The minimum atomic E-state index is -0.711. The maximum atomic E-state index is 10.1. The fraction of sp³-hybridized carbons (Fsp3) is 0.611. The van der Waals surface area contributed by atoms with E-state index < -0.39 is 5.97 Å². The molecule has 3 N–H and O–H groups in total. The average molecular weight is 348 g/mol. The molecule has 138 valence electrons. The van der Waals surface area contributed by atoms with Crippen molar-refractivity contribution in [3.05, 3.63) is 23.4 Å². The van der Waals surface area contributed by atoms with Crippen LogP contribution in [0.25, 0.3) is 0 Å². The highest BCUT2D eigenvalue weighted by molar-refractivity contribution is 5.69. The Bertz CT molecular complexity index is 559. The normalized spacial score (nSPS) is 16.2.